The first-order valence-corrected chi connectivity index (χ1v) is 9.48. The lowest BCUT2D eigenvalue weighted by molar-refractivity contribution is 0.277. The molecule has 2 rings (SSSR count). The number of rotatable bonds is 9. The Morgan fingerprint density at radius 1 is 1.04 bits per heavy atom. The van der Waals surface area contributed by atoms with E-state index in [9.17, 15) is 0 Å². The molecule has 0 aromatic heterocycles. The molecule has 0 fully saturated rings. The van der Waals surface area contributed by atoms with Crippen LogP contribution in [0.4, 0.5) is 0 Å². The van der Waals surface area contributed by atoms with Gasteiger partial charge in [0.2, 0.25) is 0 Å². The highest BCUT2D eigenvalue weighted by Crippen LogP contribution is 2.36. The highest BCUT2D eigenvalue weighted by molar-refractivity contribution is 6.36. The van der Waals surface area contributed by atoms with E-state index in [-0.39, 0.29) is 0 Å². The van der Waals surface area contributed by atoms with Gasteiger partial charge in [0.05, 0.1) is 31.0 Å². The molecule has 0 bridgehead atoms. The molecule has 2 aromatic rings. The minimum Gasteiger partial charge on any atom is -0.490 e. The third-order valence-electron chi connectivity index (χ3n) is 3.40. The molecule has 0 aliphatic rings. The van der Waals surface area contributed by atoms with Crippen molar-refractivity contribution in [1.29, 1.82) is 0 Å². The predicted octanol–water partition coefficient (Wildman–Crippen LogP) is 5.96. The van der Waals surface area contributed by atoms with Crippen LogP contribution in [0.15, 0.2) is 35.4 Å². The SMILES string of the molecule is CCCOc1c(Cl)cc(/C=N\NCc2c(Cl)cccc2Cl)cc1OCC. The Bertz CT molecular complexity index is 746. The number of nitrogens with one attached hydrogen (secondary N) is 1. The average Bonchev–Trinajstić information content (AvgIpc) is 2.60. The van der Waals surface area contributed by atoms with E-state index in [1.165, 1.54) is 0 Å². The standard InChI is InChI=1S/C19H21Cl3N2O2/c1-3-8-26-19-17(22)9-13(10-18(19)25-4-2)11-23-24-12-14-15(20)6-5-7-16(14)21/h5-7,9-11,24H,3-4,8,12H2,1-2H3/b23-11-. The molecule has 0 saturated carbocycles. The van der Waals surface area contributed by atoms with Gasteiger partial charge in [-0.1, -0.05) is 47.8 Å². The fourth-order valence-electron chi connectivity index (χ4n) is 2.22. The maximum absolute atomic E-state index is 6.33. The largest absolute Gasteiger partial charge is 0.490 e. The summed E-state index contributed by atoms with van der Waals surface area (Å²) in [7, 11) is 0. The molecule has 0 unspecified atom stereocenters. The first kappa shape index (κ1) is 20.7. The molecule has 140 valence electrons. The Morgan fingerprint density at radius 3 is 2.42 bits per heavy atom. The average molecular weight is 416 g/mol. The van der Waals surface area contributed by atoms with E-state index in [1.807, 2.05) is 19.9 Å². The lowest BCUT2D eigenvalue weighted by Crippen LogP contribution is -2.07. The Morgan fingerprint density at radius 2 is 1.77 bits per heavy atom. The van der Waals surface area contributed by atoms with Gasteiger partial charge in [0.1, 0.15) is 0 Å². The van der Waals surface area contributed by atoms with Crippen LogP contribution < -0.4 is 14.9 Å². The summed E-state index contributed by atoms with van der Waals surface area (Å²) in [5, 5.41) is 5.89. The first-order valence-electron chi connectivity index (χ1n) is 8.34. The molecule has 0 heterocycles. The van der Waals surface area contributed by atoms with E-state index >= 15 is 0 Å². The van der Waals surface area contributed by atoms with Crippen molar-refractivity contribution in [2.24, 2.45) is 5.10 Å². The third-order valence-corrected chi connectivity index (χ3v) is 4.39. The molecular formula is C19H21Cl3N2O2. The van der Waals surface area contributed by atoms with Crippen LogP contribution in [0.3, 0.4) is 0 Å². The number of nitrogens with zero attached hydrogens (tertiary/aromatic N) is 1. The molecule has 26 heavy (non-hydrogen) atoms. The maximum Gasteiger partial charge on any atom is 0.179 e. The van der Waals surface area contributed by atoms with E-state index in [4.69, 9.17) is 44.3 Å². The summed E-state index contributed by atoms with van der Waals surface area (Å²) in [6.07, 6.45) is 2.54. The zero-order valence-electron chi connectivity index (χ0n) is 14.7. The number of ether oxygens (including phenoxy) is 2. The van der Waals surface area contributed by atoms with Crippen LogP contribution in [0.2, 0.25) is 15.1 Å². The second-order valence-electron chi connectivity index (χ2n) is 5.40. The minimum atomic E-state index is 0.415. The van der Waals surface area contributed by atoms with Crippen LogP contribution in [0.1, 0.15) is 31.4 Å². The van der Waals surface area contributed by atoms with Gasteiger partial charge in [-0.15, -0.1) is 0 Å². The van der Waals surface area contributed by atoms with Crippen LogP contribution >= 0.6 is 34.8 Å². The molecule has 0 spiro atoms. The molecule has 0 aliphatic heterocycles. The van der Waals surface area contributed by atoms with Crippen molar-refractivity contribution in [1.82, 2.24) is 5.43 Å². The highest BCUT2D eigenvalue weighted by atomic mass is 35.5. The lowest BCUT2D eigenvalue weighted by Gasteiger charge is -2.13. The summed E-state index contributed by atoms with van der Waals surface area (Å²) in [5.74, 6) is 1.16. The molecule has 0 amide bonds. The Labute approximate surface area is 169 Å². The van der Waals surface area contributed by atoms with Crippen LogP contribution in [0.25, 0.3) is 0 Å². The number of hydrogen-bond acceptors (Lipinski definition) is 4. The molecule has 0 saturated heterocycles. The summed E-state index contributed by atoms with van der Waals surface area (Å²) in [6, 6.07) is 9.00. The molecular weight excluding hydrogens is 395 g/mol. The summed E-state index contributed by atoms with van der Waals surface area (Å²) < 4.78 is 11.3. The van der Waals surface area contributed by atoms with Crippen LogP contribution in [0, 0.1) is 0 Å². The van der Waals surface area contributed by atoms with E-state index in [1.54, 1.807) is 30.5 Å². The third kappa shape index (κ3) is 5.70. The molecule has 1 N–H and O–H groups in total. The molecule has 7 heteroatoms. The second-order valence-corrected chi connectivity index (χ2v) is 6.63. The summed E-state index contributed by atoms with van der Waals surface area (Å²) in [5.41, 5.74) is 4.52. The molecule has 0 atom stereocenters. The summed E-state index contributed by atoms with van der Waals surface area (Å²) >= 11 is 18.6. The van der Waals surface area contributed by atoms with Gasteiger partial charge >= 0.3 is 0 Å². The van der Waals surface area contributed by atoms with Crippen molar-refractivity contribution in [3.8, 4) is 11.5 Å². The van der Waals surface area contributed by atoms with Gasteiger partial charge in [0.25, 0.3) is 0 Å². The van der Waals surface area contributed by atoms with Gasteiger partial charge in [-0.25, -0.2) is 0 Å². The van der Waals surface area contributed by atoms with Crippen molar-refractivity contribution < 1.29 is 9.47 Å². The van der Waals surface area contributed by atoms with E-state index in [0.29, 0.717) is 46.3 Å². The molecule has 0 aliphatic carbocycles. The van der Waals surface area contributed by atoms with Crippen LogP contribution in [0.5, 0.6) is 11.5 Å². The molecule has 4 nitrogen and oxygen atoms in total. The van der Waals surface area contributed by atoms with E-state index < -0.39 is 0 Å². The second kappa shape index (κ2) is 10.5. The smallest absolute Gasteiger partial charge is 0.179 e. The van der Waals surface area contributed by atoms with Gasteiger partial charge in [0.15, 0.2) is 11.5 Å². The number of halogens is 3. The number of hydrogen-bond donors (Lipinski definition) is 1. The zero-order valence-corrected chi connectivity index (χ0v) is 17.0. The Hall–Kier alpha value is -1.62. The predicted molar refractivity (Wildman–Crippen MR) is 109 cm³/mol. The fraction of sp³-hybridized carbons (Fsp3) is 0.316. The van der Waals surface area contributed by atoms with Crippen LogP contribution in [-0.2, 0) is 6.54 Å². The normalized spacial score (nSPS) is 11.0. The fourth-order valence-corrected chi connectivity index (χ4v) is 3.02. The molecule has 0 radical (unpaired) electrons. The first-order chi connectivity index (χ1) is 12.6. The van der Waals surface area contributed by atoms with E-state index in [0.717, 1.165) is 17.5 Å². The lowest BCUT2D eigenvalue weighted by atomic mass is 10.2. The quantitative estimate of drug-likeness (QED) is 0.406. The van der Waals surface area contributed by atoms with Crippen molar-refractivity contribution >= 4 is 41.0 Å². The van der Waals surface area contributed by atoms with Gasteiger partial charge in [-0.05, 0) is 43.2 Å². The highest BCUT2D eigenvalue weighted by Gasteiger charge is 2.12. The van der Waals surface area contributed by atoms with Gasteiger partial charge in [-0.2, -0.15) is 5.10 Å². The topological polar surface area (TPSA) is 42.8 Å². The van der Waals surface area contributed by atoms with Crippen molar-refractivity contribution in [2.75, 3.05) is 13.2 Å². The Balaban J connectivity index is 2.09. The maximum atomic E-state index is 6.33. The van der Waals surface area contributed by atoms with Crippen LogP contribution in [-0.4, -0.2) is 19.4 Å². The van der Waals surface area contributed by atoms with Gasteiger partial charge in [0, 0.05) is 15.6 Å². The van der Waals surface area contributed by atoms with Crippen molar-refractivity contribution in [3.05, 3.63) is 56.5 Å². The van der Waals surface area contributed by atoms with Crippen molar-refractivity contribution in [3.63, 3.8) is 0 Å². The molecule has 2 aromatic carbocycles. The Kier molecular flexibility index (Phi) is 8.36. The van der Waals surface area contributed by atoms with Crippen molar-refractivity contribution in [2.45, 2.75) is 26.8 Å². The zero-order chi connectivity index (χ0) is 18.9. The summed E-state index contributed by atoms with van der Waals surface area (Å²) in [6.45, 7) is 5.45. The van der Waals surface area contributed by atoms with Gasteiger partial charge in [-0.3, -0.25) is 0 Å². The minimum absolute atomic E-state index is 0.415. The van der Waals surface area contributed by atoms with Gasteiger partial charge < -0.3 is 14.9 Å². The number of hydrazone groups is 1. The monoisotopic (exact) mass is 414 g/mol. The van der Waals surface area contributed by atoms with E-state index in [2.05, 4.69) is 10.5 Å². The summed E-state index contributed by atoms with van der Waals surface area (Å²) in [4.78, 5) is 0. The number of benzene rings is 2.